The molecule has 5 aromatic rings. The Bertz CT molecular complexity index is 1990. The lowest BCUT2D eigenvalue weighted by Gasteiger charge is -2.17. The molecule has 8 nitrogen and oxygen atoms in total. The summed E-state index contributed by atoms with van der Waals surface area (Å²) in [7, 11) is 3.23. The van der Waals surface area contributed by atoms with Crippen LogP contribution in [0.1, 0.15) is 47.6 Å². The SMILES string of the molecule is COc1cc(C)c(-c2nc3ccccc3c(=O)n2N=Cc2cc(I)c(OCc3ccccc3C#N)c(OC)c2)cc1C(C)C. The fourth-order valence-electron chi connectivity index (χ4n) is 4.96. The summed E-state index contributed by atoms with van der Waals surface area (Å²) in [5.41, 5.74) is 5.08. The number of rotatable bonds is 9. The standard InChI is InChI=1S/C35H31IN4O4/c1-21(2)27-17-28(22(3)14-31(27)42-4)34-39-30-13-9-8-12-26(30)35(41)40(34)38-19-23-15-29(36)33(32(16-23)43-5)44-20-25-11-7-6-10-24(25)18-37/h6-17,19,21H,20H2,1-5H3. The number of nitrogens with zero attached hydrogens (tertiary/aromatic N) is 4. The van der Waals surface area contributed by atoms with Gasteiger partial charge in [-0.2, -0.15) is 15.0 Å². The van der Waals surface area contributed by atoms with Crippen molar-refractivity contribution < 1.29 is 14.2 Å². The van der Waals surface area contributed by atoms with Crippen LogP contribution in [-0.2, 0) is 6.61 Å². The van der Waals surface area contributed by atoms with E-state index in [1.807, 2.05) is 61.5 Å². The van der Waals surface area contributed by atoms with E-state index in [1.54, 1.807) is 38.6 Å². The van der Waals surface area contributed by atoms with Gasteiger partial charge in [-0.05, 0) is 94.6 Å². The van der Waals surface area contributed by atoms with Crippen molar-refractivity contribution in [3.05, 3.63) is 115 Å². The molecule has 0 spiro atoms. The Labute approximate surface area is 269 Å². The molecule has 222 valence electrons. The zero-order chi connectivity index (χ0) is 31.4. The molecule has 0 atom stereocenters. The van der Waals surface area contributed by atoms with Crippen molar-refractivity contribution >= 4 is 39.7 Å². The maximum Gasteiger partial charge on any atom is 0.282 e. The molecule has 0 radical (unpaired) electrons. The lowest BCUT2D eigenvalue weighted by molar-refractivity contribution is 0.282. The molecule has 0 fully saturated rings. The van der Waals surface area contributed by atoms with Gasteiger partial charge in [-0.1, -0.05) is 44.2 Å². The Morgan fingerprint density at radius 3 is 2.48 bits per heavy atom. The minimum Gasteiger partial charge on any atom is -0.496 e. The number of hydrogen-bond acceptors (Lipinski definition) is 7. The van der Waals surface area contributed by atoms with Gasteiger partial charge in [-0.3, -0.25) is 4.79 Å². The molecule has 0 saturated heterocycles. The molecular weight excluding hydrogens is 667 g/mol. The Morgan fingerprint density at radius 1 is 1.02 bits per heavy atom. The summed E-state index contributed by atoms with van der Waals surface area (Å²) in [6.07, 6.45) is 1.61. The normalized spacial score (nSPS) is 11.2. The minimum atomic E-state index is -0.277. The molecule has 1 aromatic heterocycles. The Balaban J connectivity index is 1.59. The number of nitriles is 1. The Kier molecular flexibility index (Phi) is 9.30. The van der Waals surface area contributed by atoms with Crippen molar-refractivity contribution in [1.82, 2.24) is 9.66 Å². The van der Waals surface area contributed by atoms with Crippen LogP contribution in [0.5, 0.6) is 17.2 Å². The summed E-state index contributed by atoms with van der Waals surface area (Å²) in [6.45, 7) is 6.38. The van der Waals surface area contributed by atoms with Crippen molar-refractivity contribution in [2.45, 2.75) is 33.3 Å². The lowest BCUT2D eigenvalue weighted by Crippen LogP contribution is -2.21. The highest BCUT2D eigenvalue weighted by molar-refractivity contribution is 14.1. The van der Waals surface area contributed by atoms with E-state index in [0.29, 0.717) is 39.4 Å². The highest BCUT2D eigenvalue weighted by Gasteiger charge is 2.19. The molecule has 5 rings (SSSR count). The first kappa shape index (κ1) is 30.8. The van der Waals surface area contributed by atoms with E-state index in [2.05, 4.69) is 47.6 Å². The van der Waals surface area contributed by atoms with Crippen molar-refractivity contribution in [2.24, 2.45) is 5.10 Å². The van der Waals surface area contributed by atoms with Crippen LogP contribution in [0.4, 0.5) is 0 Å². The van der Waals surface area contributed by atoms with Crippen LogP contribution in [0.15, 0.2) is 82.7 Å². The van der Waals surface area contributed by atoms with Crippen LogP contribution in [0.3, 0.4) is 0 Å². The third-order valence-corrected chi connectivity index (χ3v) is 8.08. The zero-order valence-electron chi connectivity index (χ0n) is 25.1. The van der Waals surface area contributed by atoms with Crippen LogP contribution in [-0.4, -0.2) is 30.1 Å². The third kappa shape index (κ3) is 6.17. The maximum absolute atomic E-state index is 13.8. The van der Waals surface area contributed by atoms with E-state index < -0.39 is 0 Å². The average molecular weight is 699 g/mol. The van der Waals surface area contributed by atoms with Gasteiger partial charge in [-0.15, -0.1) is 0 Å². The second kappa shape index (κ2) is 13.3. The molecule has 0 unspecified atom stereocenters. The topological polar surface area (TPSA) is 98.7 Å². The predicted octanol–water partition coefficient (Wildman–Crippen LogP) is 7.45. The number of methoxy groups -OCH3 is 2. The first-order chi connectivity index (χ1) is 21.2. The van der Waals surface area contributed by atoms with Crippen molar-refractivity contribution in [1.29, 1.82) is 5.26 Å². The number of fused-ring (bicyclic) bond motifs is 1. The number of aryl methyl sites for hydroxylation is 1. The fraction of sp³-hybridized carbons (Fsp3) is 0.200. The average Bonchev–Trinajstić information content (AvgIpc) is 3.03. The summed E-state index contributed by atoms with van der Waals surface area (Å²) in [5.74, 6) is 2.48. The minimum absolute atomic E-state index is 0.192. The fourth-order valence-corrected chi connectivity index (χ4v) is 5.74. The van der Waals surface area contributed by atoms with Gasteiger partial charge in [0.05, 0.1) is 46.5 Å². The molecule has 0 bridgehead atoms. The second-order valence-corrected chi connectivity index (χ2v) is 11.6. The molecule has 0 amide bonds. The number of para-hydroxylation sites is 1. The highest BCUT2D eigenvalue weighted by atomic mass is 127. The number of ether oxygens (including phenoxy) is 3. The number of aromatic nitrogens is 2. The lowest BCUT2D eigenvalue weighted by atomic mass is 9.96. The second-order valence-electron chi connectivity index (χ2n) is 10.5. The Morgan fingerprint density at radius 2 is 1.75 bits per heavy atom. The van der Waals surface area contributed by atoms with Crippen LogP contribution < -0.4 is 19.8 Å². The third-order valence-electron chi connectivity index (χ3n) is 7.28. The number of benzene rings is 4. The van der Waals surface area contributed by atoms with Crippen molar-refractivity contribution in [3.63, 3.8) is 0 Å². The molecule has 0 saturated carbocycles. The summed E-state index contributed by atoms with van der Waals surface area (Å²) in [6, 6.07) is 24.5. The van der Waals surface area contributed by atoms with Crippen LogP contribution in [0.25, 0.3) is 22.3 Å². The predicted molar refractivity (Wildman–Crippen MR) is 181 cm³/mol. The summed E-state index contributed by atoms with van der Waals surface area (Å²) >= 11 is 2.18. The monoisotopic (exact) mass is 698 g/mol. The summed E-state index contributed by atoms with van der Waals surface area (Å²) in [5, 5.41) is 14.6. The smallest absolute Gasteiger partial charge is 0.282 e. The molecule has 0 aliphatic carbocycles. The maximum atomic E-state index is 13.8. The van der Waals surface area contributed by atoms with Gasteiger partial charge in [0.25, 0.3) is 5.56 Å². The van der Waals surface area contributed by atoms with Gasteiger partial charge in [0.1, 0.15) is 12.4 Å². The van der Waals surface area contributed by atoms with Crippen LogP contribution in [0.2, 0.25) is 0 Å². The molecule has 44 heavy (non-hydrogen) atoms. The van der Waals surface area contributed by atoms with E-state index in [4.69, 9.17) is 19.2 Å². The van der Waals surface area contributed by atoms with E-state index in [-0.39, 0.29) is 18.1 Å². The highest BCUT2D eigenvalue weighted by Crippen LogP contribution is 2.36. The van der Waals surface area contributed by atoms with Gasteiger partial charge in [0.15, 0.2) is 17.3 Å². The van der Waals surface area contributed by atoms with E-state index in [9.17, 15) is 10.1 Å². The molecular formula is C35H31IN4O4. The molecule has 4 aromatic carbocycles. The van der Waals surface area contributed by atoms with E-state index >= 15 is 0 Å². The summed E-state index contributed by atoms with van der Waals surface area (Å²) in [4.78, 5) is 18.7. The molecule has 1 heterocycles. The van der Waals surface area contributed by atoms with Gasteiger partial charge in [-0.25, -0.2) is 4.98 Å². The summed E-state index contributed by atoms with van der Waals surface area (Å²) < 4.78 is 19.6. The van der Waals surface area contributed by atoms with Crippen molar-refractivity contribution in [3.8, 4) is 34.7 Å². The molecule has 0 aliphatic rings. The van der Waals surface area contributed by atoms with Gasteiger partial charge < -0.3 is 14.2 Å². The van der Waals surface area contributed by atoms with E-state index in [0.717, 1.165) is 31.6 Å². The first-order valence-corrected chi connectivity index (χ1v) is 15.1. The van der Waals surface area contributed by atoms with Crippen LogP contribution in [0, 0.1) is 21.8 Å². The molecule has 0 aliphatic heterocycles. The van der Waals surface area contributed by atoms with Gasteiger partial charge in [0, 0.05) is 11.1 Å². The molecule has 9 heteroatoms. The van der Waals surface area contributed by atoms with Crippen molar-refractivity contribution in [2.75, 3.05) is 14.2 Å². The van der Waals surface area contributed by atoms with Gasteiger partial charge >= 0.3 is 0 Å². The van der Waals surface area contributed by atoms with Crippen LogP contribution >= 0.6 is 22.6 Å². The quantitative estimate of drug-likeness (QED) is 0.117. The zero-order valence-corrected chi connectivity index (χ0v) is 27.2. The number of hydrogen-bond donors (Lipinski definition) is 0. The largest absolute Gasteiger partial charge is 0.496 e. The Hall–Kier alpha value is -4.69. The number of halogens is 1. The first-order valence-electron chi connectivity index (χ1n) is 14.0. The van der Waals surface area contributed by atoms with E-state index in [1.165, 1.54) is 4.68 Å². The van der Waals surface area contributed by atoms with Gasteiger partial charge in [0.2, 0.25) is 0 Å². The molecule has 0 N–H and O–H groups in total.